The van der Waals surface area contributed by atoms with Gasteiger partial charge >= 0.3 is 0 Å². The minimum atomic E-state index is -0.0367. The molecular formula is C19H29NO3. The van der Waals surface area contributed by atoms with E-state index >= 15 is 0 Å². The zero-order chi connectivity index (χ0) is 17.0. The van der Waals surface area contributed by atoms with Gasteiger partial charge in [0.1, 0.15) is 0 Å². The summed E-state index contributed by atoms with van der Waals surface area (Å²) >= 11 is 0. The van der Waals surface area contributed by atoms with Gasteiger partial charge in [0.05, 0.1) is 13.2 Å². The summed E-state index contributed by atoms with van der Waals surface area (Å²) in [6, 6.07) is 5.61. The molecule has 1 aromatic carbocycles. The van der Waals surface area contributed by atoms with Crippen molar-refractivity contribution in [2.24, 2.45) is 11.8 Å². The lowest BCUT2D eigenvalue weighted by atomic mass is 9.78. The van der Waals surface area contributed by atoms with E-state index in [1.165, 1.54) is 12.8 Å². The van der Waals surface area contributed by atoms with E-state index in [0.717, 1.165) is 6.42 Å². The van der Waals surface area contributed by atoms with Crippen LogP contribution in [0.25, 0.3) is 0 Å². The molecule has 1 aromatic rings. The van der Waals surface area contributed by atoms with Crippen molar-refractivity contribution in [2.45, 2.75) is 59.1 Å². The SMILES string of the molecule is COc1cc(C(=O)NC2CCCC(C)C2C)ccc1OC(C)C. The maximum atomic E-state index is 12.6. The van der Waals surface area contributed by atoms with Crippen LogP contribution in [0.5, 0.6) is 11.5 Å². The summed E-state index contributed by atoms with van der Waals surface area (Å²) in [7, 11) is 1.59. The molecule has 1 fully saturated rings. The van der Waals surface area contributed by atoms with Crippen molar-refractivity contribution < 1.29 is 14.3 Å². The number of methoxy groups -OCH3 is 1. The predicted molar refractivity (Wildman–Crippen MR) is 92.2 cm³/mol. The van der Waals surface area contributed by atoms with Crippen molar-refractivity contribution in [2.75, 3.05) is 7.11 Å². The molecule has 1 amide bonds. The molecular weight excluding hydrogens is 290 g/mol. The summed E-state index contributed by atoms with van der Waals surface area (Å²) in [4.78, 5) is 12.6. The van der Waals surface area contributed by atoms with Crippen LogP contribution in [-0.4, -0.2) is 25.2 Å². The number of benzene rings is 1. The Morgan fingerprint density at radius 2 is 1.96 bits per heavy atom. The average molecular weight is 319 g/mol. The van der Waals surface area contributed by atoms with Gasteiger partial charge in [-0.1, -0.05) is 26.7 Å². The standard InChI is InChI=1S/C19H29NO3/c1-12(2)23-17-10-9-15(11-18(17)22-5)19(21)20-16-8-6-7-13(3)14(16)4/h9-14,16H,6-8H2,1-5H3,(H,20,21). The molecule has 0 saturated heterocycles. The fourth-order valence-corrected chi connectivity index (χ4v) is 3.20. The fourth-order valence-electron chi connectivity index (χ4n) is 3.20. The van der Waals surface area contributed by atoms with Gasteiger partial charge in [0.25, 0.3) is 5.91 Å². The molecule has 1 N–H and O–H groups in total. The lowest BCUT2D eigenvalue weighted by Crippen LogP contribution is -2.43. The van der Waals surface area contributed by atoms with Crippen LogP contribution in [0.2, 0.25) is 0 Å². The molecule has 3 atom stereocenters. The number of rotatable bonds is 5. The van der Waals surface area contributed by atoms with Crippen LogP contribution in [0.1, 0.15) is 57.3 Å². The van der Waals surface area contributed by atoms with Crippen molar-refractivity contribution in [1.82, 2.24) is 5.32 Å². The monoisotopic (exact) mass is 319 g/mol. The second kappa shape index (κ2) is 7.71. The summed E-state index contributed by atoms with van der Waals surface area (Å²) in [6.07, 6.45) is 3.56. The molecule has 3 unspecified atom stereocenters. The van der Waals surface area contributed by atoms with Crippen LogP contribution < -0.4 is 14.8 Å². The van der Waals surface area contributed by atoms with Gasteiger partial charge in [-0.05, 0) is 50.3 Å². The van der Waals surface area contributed by atoms with Crippen LogP contribution in [0.4, 0.5) is 0 Å². The highest BCUT2D eigenvalue weighted by Crippen LogP contribution is 2.31. The van der Waals surface area contributed by atoms with E-state index in [4.69, 9.17) is 9.47 Å². The van der Waals surface area contributed by atoms with E-state index in [-0.39, 0.29) is 18.1 Å². The van der Waals surface area contributed by atoms with Crippen molar-refractivity contribution in [3.63, 3.8) is 0 Å². The van der Waals surface area contributed by atoms with Crippen molar-refractivity contribution in [3.8, 4) is 11.5 Å². The molecule has 0 aliphatic heterocycles. The second-order valence-electron chi connectivity index (χ2n) is 6.88. The fraction of sp³-hybridized carbons (Fsp3) is 0.632. The number of hydrogen-bond acceptors (Lipinski definition) is 3. The van der Waals surface area contributed by atoms with E-state index in [2.05, 4.69) is 19.2 Å². The van der Waals surface area contributed by atoms with Gasteiger partial charge in [-0.25, -0.2) is 0 Å². The smallest absolute Gasteiger partial charge is 0.251 e. The number of nitrogens with one attached hydrogen (secondary N) is 1. The molecule has 0 aromatic heterocycles. The quantitative estimate of drug-likeness (QED) is 0.891. The Balaban J connectivity index is 2.10. The van der Waals surface area contributed by atoms with Gasteiger partial charge in [-0.2, -0.15) is 0 Å². The Morgan fingerprint density at radius 1 is 1.22 bits per heavy atom. The zero-order valence-electron chi connectivity index (χ0n) is 14.9. The molecule has 128 valence electrons. The Bertz CT molecular complexity index is 541. The predicted octanol–water partition coefficient (Wildman–Crippen LogP) is 4.04. The van der Waals surface area contributed by atoms with Gasteiger partial charge in [0.2, 0.25) is 0 Å². The van der Waals surface area contributed by atoms with E-state index in [0.29, 0.717) is 28.9 Å². The molecule has 23 heavy (non-hydrogen) atoms. The lowest BCUT2D eigenvalue weighted by molar-refractivity contribution is 0.0890. The van der Waals surface area contributed by atoms with Gasteiger partial charge in [-0.3, -0.25) is 4.79 Å². The molecule has 0 radical (unpaired) electrons. The highest BCUT2D eigenvalue weighted by Gasteiger charge is 2.28. The third kappa shape index (κ3) is 4.40. The molecule has 1 saturated carbocycles. The van der Waals surface area contributed by atoms with E-state index < -0.39 is 0 Å². The molecule has 0 heterocycles. The molecule has 4 heteroatoms. The first-order valence-corrected chi connectivity index (χ1v) is 8.58. The second-order valence-corrected chi connectivity index (χ2v) is 6.88. The molecule has 0 spiro atoms. The topological polar surface area (TPSA) is 47.6 Å². The normalized spacial score (nSPS) is 24.3. The lowest BCUT2D eigenvalue weighted by Gasteiger charge is -2.34. The van der Waals surface area contributed by atoms with Crippen LogP contribution in [-0.2, 0) is 0 Å². The average Bonchev–Trinajstić information content (AvgIpc) is 2.51. The van der Waals surface area contributed by atoms with Crippen LogP contribution in [0, 0.1) is 11.8 Å². The van der Waals surface area contributed by atoms with Gasteiger partial charge in [-0.15, -0.1) is 0 Å². The van der Waals surface area contributed by atoms with E-state index in [1.54, 1.807) is 25.3 Å². The Hall–Kier alpha value is -1.71. The maximum absolute atomic E-state index is 12.6. The van der Waals surface area contributed by atoms with Crippen molar-refractivity contribution in [3.05, 3.63) is 23.8 Å². The summed E-state index contributed by atoms with van der Waals surface area (Å²) in [6.45, 7) is 8.43. The number of amides is 1. The van der Waals surface area contributed by atoms with Crippen molar-refractivity contribution in [1.29, 1.82) is 0 Å². The van der Waals surface area contributed by atoms with E-state index in [1.807, 2.05) is 13.8 Å². The summed E-state index contributed by atoms with van der Waals surface area (Å²) in [5, 5.41) is 3.19. The largest absolute Gasteiger partial charge is 0.493 e. The highest BCUT2D eigenvalue weighted by atomic mass is 16.5. The Labute approximate surface area is 139 Å². The molecule has 1 aliphatic rings. The summed E-state index contributed by atoms with van der Waals surface area (Å²) < 4.78 is 11.1. The molecule has 4 nitrogen and oxygen atoms in total. The Kier molecular flexibility index (Phi) is 5.91. The first-order valence-electron chi connectivity index (χ1n) is 8.58. The molecule has 2 rings (SSSR count). The van der Waals surface area contributed by atoms with Gasteiger partial charge in [0, 0.05) is 11.6 Å². The maximum Gasteiger partial charge on any atom is 0.251 e. The Morgan fingerprint density at radius 3 is 2.61 bits per heavy atom. The first kappa shape index (κ1) is 17.6. The van der Waals surface area contributed by atoms with Crippen molar-refractivity contribution >= 4 is 5.91 Å². The first-order chi connectivity index (χ1) is 10.9. The van der Waals surface area contributed by atoms with E-state index in [9.17, 15) is 4.79 Å². The number of carbonyl (C=O) groups is 1. The number of carbonyl (C=O) groups excluding carboxylic acids is 1. The molecule has 0 bridgehead atoms. The minimum Gasteiger partial charge on any atom is -0.493 e. The highest BCUT2D eigenvalue weighted by molar-refractivity contribution is 5.95. The number of ether oxygens (including phenoxy) is 2. The summed E-state index contributed by atoms with van der Waals surface area (Å²) in [5.41, 5.74) is 0.614. The van der Waals surface area contributed by atoms with Gasteiger partial charge < -0.3 is 14.8 Å². The third-order valence-corrected chi connectivity index (χ3v) is 4.81. The number of hydrogen-bond donors (Lipinski definition) is 1. The third-order valence-electron chi connectivity index (χ3n) is 4.81. The minimum absolute atomic E-state index is 0.0367. The van der Waals surface area contributed by atoms with Crippen LogP contribution >= 0.6 is 0 Å². The summed E-state index contributed by atoms with van der Waals surface area (Å²) in [5.74, 6) is 2.39. The molecule has 1 aliphatic carbocycles. The van der Waals surface area contributed by atoms with Crippen LogP contribution in [0.3, 0.4) is 0 Å². The van der Waals surface area contributed by atoms with Crippen LogP contribution in [0.15, 0.2) is 18.2 Å². The zero-order valence-corrected chi connectivity index (χ0v) is 14.9. The van der Waals surface area contributed by atoms with Gasteiger partial charge in [0.15, 0.2) is 11.5 Å².